The summed E-state index contributed by atoms with van der Waals surface area (Å²) in [6, 6.07) is 26.0. The Bertz CT molecular complexity index is 3000. The van der Waals surface area contributed by atoms with Crippen LogP contribution in [0.4, 0.5) is 0 Å². The Morgan fingerprint density at radius 1 is 0.637 bits per heavy atom. The van der Waals surface area contributed by atoms with Crippen molar-refractivity contribution in [1.29, 1.82) is 0 Å². The van der Waals surface area contributed by atoms with E-state index in [1.807, 2.05) is 75.4 Å². The summed E-state index contributed by atoms with van der Waals surface area (Å²) >= 11 is 0. The predicted octanol–water partition coefficient (Wildman–Crippen LogP) is 5.41. The van der Waals surface area contributed by atoms with E-state index >= 15 is 0 Å². The quantitative estimate of drug-likeness (QED) is 0.0565. The maximum absolute atomic E-state index is 14.7. The molecule has 0 saturated carbocycles. The Balaban J connectivity index is 0.926. The molecule has 2 aliphatic carbocycles. The average Bonchev–Trinajstić information content (AvgIpc) is 4.10. The summed E-state index contributed by atoms with van der Waals surface area (Å²) in [6.07, 6.45) is 6.31. The first-order valence-electron chi connectivity index (χ1n) is 28.5. The van der Waals surface area contributed by atoms with Gasteiger partial charge in [0, 0.05) is 41.9 Å². The molecular weight excluding hydrogens is 1020 g/mol. The van der Waals surface area contributed by atoms with Crippen LogP contribution in [0.15, 0.2) is 97.1 Å². The van der Waals surface area contributed by atoms with Crippen molar-refractivity contribution in [2.45, 2.75) is 159 Å². The predicted molar refractivity (Wildman–Crippen MR) is 313 cm³/mol. The fourth-order valence-electron chi connectivity index (χ4n) is 11.6. The molecule has 9 atom stereocenters. The Hall–Kier alpha value is -7.13. The maximum atomic E-state index is 14.7. The van der Waals surface area contributed by atoms with E-state index in [9.17, 15) is 33.6 Å². The second kappa shape index (κ2) is 25.5. The van der Waals surface area contributed by atoms with Crippen molar-refractivity contribution >= 4 is 49.4 Å². The van der Waals surface area contributed by atoms with Gasteiger partial charge in [0.05, 0.1) is 32.2 Å². The second-order valence-electron chi connectivity index (χ2n) is 24.2. The van der Waals surface area contributed by atoms with Crippen molar-refractivity contribution in [2.75, 3.05) is 26.8 Å². The second-order valence-corrected chi connectivity index (χ2v) is 29.2. The monoisotopic (exact) mass is 1100 g/mol. The van der Waals surface area contributed by atoms with Crippen LogP contribution in [0, 0.1) is 17.3 Å². The molecule has 7 amide bonds. The van der Waals surface area contributed by atoms with E-state index in [4.69, 9.17) is 0 Å². The van der Waals surface area contributed by atoms with E-state index in [2.05, 4.69) is 80.4 Å². The molecule has 16 nitrogen and oxygen atoms in total. The zero-order chi connectivity index (χ0) is 57.5. The summed E-state index contributed by atoms with van der Waals surface area (Å²) < 4.78 is 0. The van der Waals surface area contributed by atoms with Crippen LogP contribution >= 0.6 is 0 Å². The summed E-state index contributed by atoms with van der Waals surface area (Å²) in [5, 5.41) is 21.5. The van der Waals surface area contributed by atoms with Crippen molar-refractivity contribution < 1.29 is 33.6 Å². The zero-order valence-electron chi connectivity index (χ0n) is 48.0. The lowest BCUT2D eigenvalue weighted by Crippen LogP contribution is -2.59. The third-order valence-corrected chi connectivity index (χ3v) is 19.1. The number of likely N-dealkylation sites (tertiary alicyclic amines) is 1. The van der Waals surface area contributed by atoms with Gasteiger partial charge in [0.15, 0.2) is 0 Å². The van der Waals surface area contributed by atoms with Crippen LogP contribution in [0.3, 0.4) is 0 Å². The number of hydrogen-bond acceptors (Lipinski definition) is 9. The number of aryl methyl sites for hydroxylation is 2. The van der Waals surface area contributed by atoms with Crippen molar-refractivity contribution in [2.24, 2.45) is 5.41 Å². The Labute approximate surface area is 473 Å². The highest BCUT2D eigenvalue weighted by Crippen LogP contribution is 2.34. The number of carbonyl (C=O) groups is 7. The molecule has 0 bridgehead atoms. The third kappa shape index (κ3) is 14.2. The molecule has 2 fully saturated rings. The van der Waals surface area contributed by atoms with Gasteiger partial charge in [-0.2, -0.15) is 0 Å². The van der Waals surface area contributed by atoms with Gasteiger partial charge in [-0.1, -0.05) is 106 Å². The van der Waals surface area contributed by atoms with Crippen LogP contribution in [-0.2, 0) is 48.0 Å². The topological polar surface area (TPSA) is 210 Å². The van der Waals surface area contributed by atoms with Crippen LogP contribution in [0.2, 0.25) is 19.1 Å². The van der Waals surface area contributed by atoms with Gasteiger partial charge in [-0.15, -0.1) is 0 Å². The molecule has 80 heavy (non-hydrogen) atoms. The molecule has 2 heterocycles. The van der Waals surface area contributed by atoms with Gasteiger partial charge >= 0.3 is 0 Å². The molecule has 0 spiro atoms. The van der Waals surface area contributed by atoms with Gasteiger partial charge in [0.1, 0.15) is 24.2 Å². The first kappa shape index (κ1) is 59.0. The molecule has 8 rings (SSSR count). The van der Waals surface area contributed by atoms with E-state index in [1.165, 1.54) is 16.0 Å². The van der Waals surface area contributed by atoms with Crippen molar-refractivity contribution in [3.05, 3.63) is 142 Å². The SMILES string of the molecule is CN[C@@H](C)C(=O)N[C@@H](Cc1ccc(C#Cc2ccc(C(=O)N[C@H]3C[C@@H](C(=O)N[C@@H]4CCCc5ccccc54)N(C(=O)[C@@H](NC(=O)[C@H](C)NC)C(C)(C)C)C3)cc2)cc1)C(=O)N1C[Si](C)(C)C[C@H]1C(=O)N[C@@H]1CCCc2ccccc21. The number of amides is 7. The molecule has 0 aromatic heterocycles. The Morgan fingerprint density at radius 2 is 1.15 bits per heavy atom. The molecule has 0 radical (unpaired) electrons. The zero-order valence-corrected chi connectivity index (χ0v) is 49.0. The van der Waals surface area contributed by atoms with Crippen LogP contribution in [0.5, 0.6) is 0 Å². The molecule has 4 aromatic rings. The maximum Gasteiger partial charge on any atom is 0.251 e. The number of carbonyl (C=O) groups excluding carboxylic acids is 7. The van der Waals surface area contributed by atoms with Gasteiger partial charge in [-0.25, -0.2) is 0 Å². The number of nitrogens with one attached hydrogen (secondary N) is 7. The lowest BCUT2D eigenvalue weighted by molar-refractivity contribution is -0.144. The normalized spacial score (nSPS) is 21.7. The standard InChI is InChI=1S/C63H81N9O7Si/c1-39(64-6)56(73)69-52(61(78)72-38-80(8,9)37-54(72)60(77)68-51-23-15-19-45-17-11-13-21-49(45)51)34-43-28-26-41(27-29-43)24-25-42-30-32-46(33-31-42)58(75)66-47-35-53(59(76)67-50-22-14-18-44-16-10-12-20-48(44)50)71(36-47)62(79)55(63(3,4)5)70-57(74)40(2)65-7/h10-13,16-17,20-21,26-33,39-40,47,50-55,64-65H,14-15,18-19,22-23,34-38H2,1-9H3,(H,66,75)(H,67,76)(H,68,77)(H,69,73)(H,70,74)/t39-,40-,47-,50+,51+,52-,53-,54-,55+/m0/s1. The van der Waals surface area contributed by atoms with Crippen molar-refractivity contribution in [1.82, 2.24) is 47.0 Å². The smallest absolute Gasteiger partial charge is 0.251 e. The average molecular weight is 1100 g/mol. The van der Waals surface area contributed by atoms with Gasteiger partial charge in [-0.3, -0.25) is 33.6 Å². The summed E-state index contributed by atoms with van der Waals surface area (Å²) in [6.45, 7) is 13.5. The van der Waals surface area contributed by atoms with Crippen LogP contribution in [0.1, 0.15) is 128 Å². The van der Waals surface area contributed by atoms with Crippen LogP contribution in [-0.4, -0.2) is 128 Å². The fraction of sp³-hybridized carbons (Fsp3) is 0.476. The summed E-state index contributed by atoms with van der Waals surface area (Å²) in [5.41, 5.74) is 6.53. The van der Waals surface area contributed by atoms with Gasteiger partial charge in [-0.05, 0) is 149 Å². The molecule has 0 unspecified atom stereocenters. The van der Waals surface area contributed by atoms with Crippen LogP contribution < -0.4 is 37.2 Å². The summed E-state index contributed by atoms with van der Waals surface area (Å²) in [4.78, 5) is 101. The molecule has 2 saturated heterocycles. The number of fused-ring (bicyclic) bond motifs is 2. The van der Waals surface area contributed by atoms with E-state index in [0.717, 1.165) is 60.8 Å². The minimum absolute atomic E-state index is 0.0747. The summed E-state index contributed by atoms with van der Waals surface area (Å²) in [5.74, 6) is 4.24. The van der Waals surface area contributed by atoms with Crippen molar-refractivity contribution in [3.63, 3.8) is 0 Å². The number of benzene rings is 4. The highest BCUT2D eigenvalue weighted by molar-refractivity contribution is 6.79. The number of hydrogen-bond donors (Lipinski definition) is 7. The molecule has 2 aliphatic heterocycles. The Morgan fingerprint density at radius 3 is 1.69 bits per heavy atom. The minimum atomic E-state index is -1.99. The Kier molecular flexibility index (Phi) is 18.8. The number of likely N-dealkylation sites (N-methyl/N-ethyl adjacent to an activating group) is 2. The highest BCUT2D eigenvalue weighted by Gasteiger charge is 2.48. The van der Waals surface area contributed by atoms with Crippen LogP contribution in [0.25, 0.3) is 0 Å². The van der Waals surface area contributed by atoms with Gasteiger partial charge < -0.3 is 47.0 Å². The molecule has 4 aromatic carbocycles. The molecular formula is C63H81N9O7Si. The molecule has 4 aliphatic rings. The van der Waals surface area contributed by atoms with E-state index < -0.39 is 61.7 Å². The highest BCUT2D eigenvalue weighted by atomic mass is 28.3. The lowest BCUT2D eigenvalue weighted by Gasteiger charge is -2.36. The van der Waals surface area contributed by atoms with Crippen molar-refractivity contribution in [3.8, 4) is 11.8 Å². The fourth-order valence-corrected chi connectivity index (χ4v) is 14.5. The van der Waals surface area contributed by atoms with Gasteiger partial charge in [0.25, 0.3) is 5.91 Å². The minimum Gasteiger partial charge on any atom is -0.348 e. The largest absolute Gasteiger partial charge is 0.348 e. The van der Waals surface area contributed by atoms with E-state index in [-0.39, 0.29) is 66.9 Å². The van der Waals surface area contributed by atoms with E-state index in [1.54, 1.807) is 57.1 Å². The number of nitrogens with zero attached hydrogens (tertiary/aromatic N) is 2. The molecule has 17 heteroatoms. The third-order valence-electron chi connectivity index (χ3n) is 16.5. The number of rotatable bonds is 16. The molecule has 7 N–H and O–H groups in total. The first-order chi connectivity index (χ1) is 38.1. The first-order valence-corrected chi connectivity index (χ1v) is 31.9. The molecule has 424 valence electrons. The lowest BCUT2D eigenvalue weighted by atomic mass is 9.85. The summed E-state index contributed by atoms with van der Waals surface area (Å²) in [7, 11) is 1.37. The van der Waals surface area contributed by atoms with E-state index in [0.29, 0.717) is 23.3 Å². The van der Waals surface area contributed by atoms with Gasteiger partial charge in [0.2, 0.25) is 35.4 Å².